The van der Waals surface area contributed by atoms with Gasteiger partial charge in [0.1, 0.15) is 11.6 Å². The summed E-state index contributed by atoms with van der Waals surface area (Å²) in [6.07, 6.45) is 0. The van der Waals surface area contributed by atoms with Crippen molar-refractivity contribution in [2.24, 2.45) is 11.5 Å². The molecule has 4 nitrogen and oxygen atoms in total. The molecule has 0 saturated carbocycles. The van der Waals surface area contributed by atoms with Crippen LogP contribution in [-0.4, -0.2) is 10.2 Å². The fraction of sp³-hybridized carbons (Fsp3) is 0.0714. The number of aryl methyl sites for hydroxylation is 2. The molecular weight excluding hydrogens is 494 g/mol. The Kier molecular flexibility index (Phi) is 7.28. The molecule has 0 atom stereocenters. The van der Waals surface area contributed by atoms with Crippen molar-refractivity contribution >= 4 is 57.4 Å². The van der Waals surface area contributed by atoms with E-state index in [1.54, 1.807) is 34.1 Å². The van der Waals surface area contributed by atoms with E-state index >= 15 is 0 Å². The van der Waals surface area contributed by atoms with E-state index in [1.807, 2.05) is 50.2 Å². The summed E-state index contributed by atoms with van der Waals surface area (Å²) >= 11 is 10.6. The van der Waals surface area contributed by atoms with Crippen molar-refractivity contribution in [1.29, 1.82) is 0 Å². The number of nitrogens with two attached hydrogens (primary N) is 2. The summed E-state index contributed by atoms with van der Waals surface area (Å²) in [5.74, 6) is -0.665. The number of benzene rings is 4. The van der Waals surface area contributed by atoms with Crippen molar-refractivity contribution < 1.29 is 8.78 Å². The molecule has 4 rings (SSSR count). The molecule has 0 unspecified atom stereocenters. The van der Waals surface area contributed by atoms with E-state index in [1.165, 1.54) is 24.3 Å². The second-order valence-corrected chi connectivity index (χ2v) is 9.14. The number of halogens is 2. The highest BCUT2D eigenvalue weighted by Crippen LogP contribution is 2.35. The summed E-state index contributed by atoms with van der Waals surface area (Å²) in [5.41, 5.74) is 18.9. The summed E-state index contributed by atoms with van der Waals surface area (Å²) in [5, 5.41) is 0.326. The summed E-state index contributed by atoms with van der Waals surface area (Å²) in [7, 11) is 0. The summed E-state index contributed by atoms with van der Waals surface area (Å²) in [4.78, 5) is 3.43. The quantitative estimate of drug-likeness (QED) is 0.277. The first kappa shape index (κ1) is 25.2. The van der Waals surface area contributed by atoms with Gasteiger partial charge in [0.25, 0.3) is 0 Å². The predicted octanol–water partition coefficient (Wildman–Crippen LogP) is 7.01. The Morgan fingerprint density at radius 3 is 1.19 bits per heavy atom. The molecular formula is C28H24F2N4S2. The molecule has 0 aromatic heterocycles. The van der Waals surface area contributed by atoms with Gasteiger partial charge in [0.05, 0.1) is 11.4 Å². The second-order valence-electron chi connectivity index (χ2n) is 8.30. The average Bonchev–Trinajstić information content (AvgIpc) is 2.83. The van der Waals surface area contributed by atoms with E-state index in [0.717, 1.165) is 33.6 Å². The highest BCUT2D eigenvalue weighted by molar-refractivity contribution is 7.80. The third kappa shape index (κ3) is 5.19. The molecule has 0 heterocycles. The molecule has 0 amide bonds. The maximum absolute atomic E-state index is 13.4. The number of nitrogens with zero attached hydrogens (tertiary/aromatic N) is 2. The lowest BCUT2D eigenvalue weighted by molar-refractivity contribution is 0.627. The van der Waals surface area contributed by atoms with Crippen molar-refractivity contribution in [2.75, 3.05) is 9.80 Å². The Bertz CT molecular complexity index is 1330. The van der Waals surface area contributed by atoms with E-state index in [0.29, 0.717) is 11.4 Å². The van der Waals surface area contributed by atoms with Crippen molar-refractivity contribution in [3.05, 3.63) is 108 Å². The monoisotopic (exact) mass is 518 g/mol. The molecule has 0 saturated heterocycles. The van der Waals surface area contributed by atoms with Crippen molar-refractivity contribution in [2.45, 2.75) is 13.8 Å². The predicted molar refractivity (Wildman–Crippen MR) is 152 cm³/mol. The molecule has 0 aliphatic heterocycles. The standard InChI is InChI=1S/C28H24F2N4S2/c1-17-15-19(3-13-25(17)33(27(31)35)23-9-5-21(29)6-10-23)20-4-14-26(18(2)16-20)34(28(32)36)24-11-7-22(30)8-12-24/h3-16H,1-2H3,(H2,31,35)(H2,32,36). The molecule has 0 spiro atoms. The van der Waals surface area contributed by atoms with E-state index in [2.05, 4.69) is 0 Å². The van der Waals surface area contributed by atoms with Gasteiger partial charge in [0.15, 0.2) is 10.2 Å². The van der Waals surface area contributed by atoms with Crippen LogP contribution in [0.15, 0.2) is 84.9 Å². The van der Waals surface area contributed by atoms with Crippen LogP contribution in [-0.2, 0) is 0 Å². The summed E-state index contributed by atoms with van der Waals surface area (Å²) in [6.45, 7) is 3.94. The first-order chi connectivity index (χ1) is 17.2. The topological polar surface area (TPSA) is 58.5 Å². The molecule has 0 bridgehead atoms. The van der Waals surface area contributed by atoms with Gasteiger partial charge in [-0.25, -0.2) is 8.78 Å². The molecule has 182 valence electrons. The zero-order chi connectivity index (χ0) is 26.0. The first-order valence-electron chi connectivity index (χ1n) is 11.1. The van der Waals surface area contributed by atoms with E-state index < -0.39 is 0 Å². The van der Waals surface area contributed by atoms with Gasteiger partial charge in [-0.1, -0.05) is 12.1 Å². The first-order valence-corrected chi connectivity index (χ1v) is 11.9. The van der Waals surface area contributed by atoms with Gasteiger partial charge in [0, 0.05) is 11.4 Å². The van der Waals surface area contributed by atoms with E-state index in [9.17, 15) is 8.78 Å². The number of hydrogen-bond donors (Lipinski definition) is 2. The van der Waals surface area contributed by atoms with Crippen LogP contribution in [0.5, 0.6) is 0 Å². The van der Waals surface area contributed by atoms with Gasteiger partial charge in [-0.15, -0.1) is 0 Å². The Balaban J connectivity index is 1.69. The summed E-state index contributed by atoms with van der Waals surface area (Å²) < 4.78 is 26.9. The van der Waals surface area contributed by atoms with Crippen LogP contribution in [0.2, 0.25) is 0 Å². The number of hydrogen-bond acceptors (Lipinski definition) is 2. The van der Waals surface area contributed by atoms with Gasteiger partial charge >= 0.3 is 0 Å². The molecule has 0 aliphatic rings. The van der Waals surface area contributed by atoms with E-state index in [-0.39, 0.29) is 21.9 Å². The van der Waals surface area contributed by atoms with Crippen LogP contribution < -0.4 is 21.3 Å². The van der Waals surface area contributed by atoms with Crippen LogP contribution in [0.4, 0.5) is 31.5 Å². The van der Waals surface area contributed by atoms with Crippen LogP contribution in [0.1, 0.15) is 11.1 Å². The fourth-order valence-corrected chi connectivity index (χ4v) is 4.53. The van der Waals surface area contributed by atoms with Crippen LogP contribution in [0.25, 0.3) is 11.1 Å². The third-order valence-electron chi connectivity index (χ3n) is 5.82. The smallest absolute Gasteiger partial charge is 0.175 e. The lowest BCUT2D eigenvalue weighted by Crippen LogP contribution is -2.31. The Morgan fingerprint density at radius 2 is 0.917 bits per heavy atom. The van der Waals surface area contributed by atoms with Crippen LogP contribution in [0.3, 0.4) is 0 Å². The minimum Gasteiger partial charge on any atom is -0.376 e. The number of rotatable bonds is 5. The Morgan fingerprint density at radius 1 is 0.583 bits per heavy atom. The van der Waals surface area contributed by atoms with Gasteiger partial charge in [0.2, 0.25) is 0 Å². The molecule has 4 aromatic rings. The molecule has 0 radical (unpaired) electrons. The van der Waals surface area contributed by atoms with Crippen molar-refractivity contribution in [3.8, 4) is 11.1 Å². The molecule has 36 heavy (non-hydrogen) atoms. The molecule has 0 aliphatic carbocycles. The fourth-order valence-electron chi connectivity index (χ4n) is 4.12. The van der Waals surface area contributed by atoms with Crippen molar-refractivity contribution in [1.82, 2.24) is 0 Å². The Labute approximate surface area is 219 Å². The maximum Gasteiger partial charge on any atom is 0.175 e. The maximum atomic E-state index is 13.4. The second kappa shape index (κ2) is 10.4. The lowest BCUT2D eigenvalue weighted by Gasteiger charge is -2.26. The van der Waals surface area contributed by atoms with Gasteiger partial charge in [-0.05, 0) is 133 Å². The minimum atomic E-state index is -0.332. The van der Waals surface area contributed by atoms with Crippen LogP contribution >= 0.6 is 24.4 Å². The average molecular weight is 519 g/mol. The van der Waals surface area contributed by atoms with E-state index in [4.69, 9.17) is 35.9 Å². The normalized spacial score (nSPS) is 10.7. The SMILES string of the molecule is Cc1cc(-c2ccc(N(C(N)=S)c3ccc(F)cc3)c(C)c2)ccc1N(C(N)=S)c1ccc(F)cc1. The molecule has 4 N–H and O–H groups in total. The zero-order valence-corrected chi connectivity index (χ0v) is 21.3. The zero-order valence-electron chi connectivity index (χ0n) is 19.7. The molecule has 8 heteroatoms. The lowest BCUT2D eigenvalue weighted by atomic mass is 9.99. The van der Waals surface area contributed by atoms with Crippen LogP contribution in [0, 0.1) is 25.5 Å². The molecule has 0 fully saturated rings. The summed E-state index contributed by atoms with van der Waals surface area (Å²) in [6, 6.07) is 24.0. The van der Waals surface area contributed by atoms with Gasteiger partial charge in [-0.2, -0.15) is 0 Å². The molecule has 4 aromatic carbocycles. The third-order valence-corrected chi connectivity index (χ3v) is 6.18. The largest absolute Gasteiger partial charge is 0.376 e. The van der Waals surface area contributed by atoms with Crippen molar-refractivity contribution in [3.63, 3.8) is 0 Å². The number of thiocarbonyl (C=S) groups is 2. The highest BCUT2D eigenvalue weighted by Gasteiger charge is 2.18. The highest BCUT2D eigenvalue weighted by atomic mass is 32.1. The Hall–Kier alpha value is -3.88. The van der Waals surface area contributed by atoms with Gasteiger partial charge < -0.3 is 11.5 Å². The minimum absolute atomic E-state index is 0.163. The van der Waals surface area contributed by atoms with Gasteiger partial charge in [-0.3, -0.25) is 9.80 Å². The number of anilines is 4.